The molecule has 0 aliphatic carbocycles. The molecule has 1 aromatic rings. The average Bonchev–Trinajstić information content (AvgIpc) is 2.10. The Kier molecular flexibility index (Phi) is 2.03. The summed E-state index contributed by atoms with van der Waals surface area (Å²) in [5.41, 5.74) is 0. The predicted molar refractivity (Wildman–Crippen MR) is 29.1 cm³/mol. The Morgan fingerprint density at radius 2 is 2.09 bits per heavy atom. The van der Waals surface area contributed by atoms with Crippen molar-refractivity contribution < 1.29 is 17.7 Å². The van der Waals surface area contributed by atoms with Crippen molar-refractivity contribution in [1.82, 2.24) is 10.1 Å². The Hall–Kier alpha value is -0.780. The molecule has 62 valence electrons. The molecule has 0 saturated heterocycles. The molecule has 1 heterocycles. The minimum Gasteiger partial charge on any atom is -0.321 e. The number of alkyl halides is 3. The van der Waals surface area contributed by atoms with Crippen LogP contribution in [0.15, 0.2) is 4.52 Å². The molecule has 0 aliphatic heterocycles. The van der Waals surface area contributed by atoms with Crippen molar-refractivity contribution in [3.8, 4) is 0 Å². The van der Waals surface area contributed by atoms with E-state index in [-0.39, 0.29) is 5.35 Å². The summed E-state index contributed by atoms with van der Waals surface area (Å²) in [6, 6.07) is 0. The van der Waals surface area contributed by atoms with Crippen LogP contribution in [0, 0.1) is 0 Å². The number of halogens is 4. The van der Waals surface area contributed by atoms with Crippen molar-refractivity contribution in [3.05, 3.63) is 11.2 Å². The molecule has 0 aromatic carbocycles. The number of hydrogen-bond acceptors (Lipinski definition) is 3. The molecule has 1 aromatic heterocycles. The third kappa shape index (κ3) is 2.75. The second-order valence-corrected chi connectivity index (χ2v) is 2.08. The lowest BCUT2D eigenvalue weighted by molar-refractivity contribution is -0.128. The molecule has 0 radical (unpaired) electrons. The number of aromatic nitrogens is 2. The van der Waals surface area contributed by atoms with Crippen LogP contribution < -0.4 is 0 Å². The minimum atomic E-state index is -4.33. The van der Waals surface area contributed by atoms with E-state index < -0.39 is 18.4 Å². The van der Waals surface area contributed by atoms with E-state index in [1.54, 1.807) is 0 Å². The van der Waals surface area contributed by atoms with E-state index in [2.05, 4.69) is 14.7 Å². The van der Waals surface area contributed by atoms with Gasteiger partial charge in [0.25, 0.3) is 0 Å². The van der Waals surface area contributed by atoms with E-state index in [9.17, 15) is 13.2 Å². The fourth-order valence-electron chi connectivity index (χ4n) is 0.484. The quantitative estimate of drug-likeness (QED) is 0.672. The maximum atomic E-state index is 11.6. The van der Waals surface area contributed by atoms with Crippen LogP contribution in [0.25, 0.3) is 0 Å². The molecule has 0 fully saturated rings. The molecule has 0 unspecified atom stereocenters. The third-order valence-corrected chi connectivity index (χ3v) is 0.955. The number of nitrogens with zero attached hydrogens (tertiary/aromatic N) is 2. The van der Waals surface area contributed by atoms with Gasteiger partial charge < -0.3 is 4.52 Å². The molecular formula is C4H2ClF3N2O. The maximum Gasteiger partial charge on any atom is 0.396 e. The summed E-state index contributed by atoms with van der Waals surface area (Å²) in [6.45, 7) is 0. The molecule has 0 saturated carbocycles. The van der Waals surface area contributed by atoms with Crippen LogP contribution in [-0.2, 0) is 6.42 Å². The summed E-state index contributed by atoms with van der Waals surface area (Å²) < 4.78 is 38.9. The van der Waals surface area contributed by atoms with Gasteiger partial charge in [0.15, 0.2) is 5.82 Å². The third-order valence-electron chi connectivity index (χ3n) is 0.802. The van der Waals surface area contributed by atoms with Gasteiger partial charge >= 0.3 is 11.5 Å². The van der Waals surface area contributed by atoms with Gasteiger partial charge in [-0.1, -0.05) is 5.16 Å². The topological polar surface area (TPSA) is 38.9 Å². The second-order valence-electron chi connectivity index (χ2n) is 1.76. The first-order valence-electron chi connectivity index (χ1n) is 2.52. The van der Waals surface area contributed by atoms with E-state index in [0.717, 1.165) is 0 Å². The SMILES string of the molecule is FC(F)(F)Cc1noc(Cl)n1. The molecule has 1 rings (SSSR count). The van der Waals surface area contributed by atoms with E-state index in [4.69, 9.17) is 11.6 Å². The molecule has 0 N–H and O–H groups in total. The van der Waals surface area contributed by atoms with Crippen molar-refractivity contribution in [2.24, 2.45) is 0 Å². The van der Waals surface area contributed by atoms with Gasteiger partial charge in [-0.05, 0) is 11.6 Å². The molecule has 0 atom stereocenters. The molecule has 3 nitrogen and oxygen atoms in total. The highest BCUT2D eigenvalue weighted by Gasteiger charge is 2.30. The Balaban J connectivity index is 2.65. The Labute approximate surface area is 64.1 Å². The molecule has 0 spiro atoms. The van der Waals surface area contributed by atoms with E-state index in [0.29, 0.717) is 0 Å². The van der Waals surface area contributed by atoms with Gasteiger partial charge in [0.05, 0.1) is 0 Å². The van der Waals surface area contributed by atoms with Crippen LogP contribution in [0.2, 0.25) is 5.35 Å². The van der Waals surface area contributed by atoms with Crippen LogP contribution in [0.3, 0.4) is 0 Å². The molecule has 0 aliphatic rings. The van der Waals surface area contributed by atoms with E-state index in [1.165, 1.54) is 0 Å². The van der Waals surface area contributed by atoms with Crippen molar-refractivity contribution in [2.75, 3.05) is 0 Å². The number of rotatable bonds is 1. The van der Waals surface area contributed by atoms with Crippen molar-refractivity contribution in [3.63, 3.8) is 0 Å². The average molecular weight is 187 g/mol. The molecule has 0 bridgehead atoms. The Morgan fingerprint density at radius 3 is 2.45 bits per heavy atom. The summed E-state index contributed by atoms with van der Waals surface area (Å²) in [7, 11) is 0. The standard InChI is InChI=1S/C4H2ClF3N2O/c5-3-9-2(10-11-3)1-4(6,7)8/h1H2. The smallest absolute Gasteiger partial charge is 0.321 e. The Morgan fingerprint density at radius 1 is 1.45 bits per heavy atom. The zero-order valence-electron chi connectivity index (χ0n) is 5.02. The zero-order valence-corrected chi connectivity index (χ0v) is 5.78. The molecule has 11 heavy (non-hydrogen) atoms. The highest BCUT2D eigenvalue weighted by molar-refractivity contribution is 6.27. The molecular weight excluding hydrogens is 185 g/mol. The summed E-state index contributed by atoms with van der Waals surface area (Å²) in [5.74, 6) is -0.456. The van der Waals surface area contributed by atoms with Crippen LogP contribution in [0.1, 0.15) is 5.82 Å². The first-order chi connectivity index (χ1) is 4.97. The first-order valence-corrected chi connectivity index (χ1v) is 2.90. The minimum absolute atomic E-state index is 0.385. The summed E-state index contributed by atoms with van der Waals surface area (Å²) in [5, 5.41) is 2.58. The van der Waals surface area contributed by atoms with Gasteiger partial charge in [-0.25, -0.2) is 0 Å². The lowest BCUT2D eigenvalue weighted by Gasteiger charge is -1.99. The van der Waals surface area contributed by atoms with Crippen molar-refractivity contribution >= 4 is 11.6 Å². The van der Waals surface area contributed by atoms with Gasteiger partial charge in [0.2, 0.25) is 0 Å². The van der Waals surface area contributed by atoms with Gasteiger partial charge in [0, 0.05) is 0 Å². The van der Waals surface area contributed by atoms with Gasteiger partial charge in [-0.3, -0.25) is 0 Å². The number of hydrogen-bond donors (Lipinski definition) is 0. The van der Waals surface area contributed by atoms with E-state index >= 15 is 0 Å². The van der Waals surface area contributed by atoms with Gasteiger partial charge in [-0.2, -0.15) is 18.2 Å². The molecule has 0 amide bonds. The summed E-state index contributed by atoms with van der Waals surface area (Å²) >= 11 is 5.08. The normalized spacial score (nSPS) is 12.0. The lowest BCUT2D eigenvalue weighted by atomic mass is 10.4. The highest BCUT2D eigenvalue weighted by Crippen LogP contribution is 2.19. The van der Waals surface area contributed by atoms with Crippen LogP contribution in [0.4, 0.5) is 13.2 Å². The molecule has 7 heteroatoms. The van der Waals surface area contributed by atoms with Crippen LogP contribution in [-0.4, -0.2) is 16.3 Å². The first kappa shape index (κ1) is 8.32. The van der Waals surface area contributed by atoms with Crippen LogP contribution in [0.5, 0.6) is 0 Å². The monoisotopic (exact) mass is 186 g/mol. The van der Waals surface area contributed by atoms with Crippen LogP contribution >= 0.6 is 11.6 Å². The zero-order chi connectivity index (χ0) is 8.48. The largest absolute Gasteiger partial charge is 0.396 e. The highest BCUT2D eigenvalue weighted by atomic mass is 35.5. The second kappa shape index (κ2) is 2.69. The van der Waals surface area contributed by atoms with E-state index in [1.807, 2.05) is 0 Å². The summed E-state index contributed by atoms with van der Waals surface area (Å²) in [6.07, 6.45) is -5.55. The fraction of sp³-hybridized carbons (Fsp3) is 0.500. The Bertz CT molecular complexity index is 246. The van der Waals surface area contributed by atoms with Gasteiger partial charge in [0.1, 0.15) is 6.42 Å². The predicted octanol–water partition coefficient (Wildman–Crippen LogP) is 1.83. The fourth-order valence-corrected chi connectivity index (χ4v) is 0.616. The van der Waals surface area contributed by atoms with Crippen molar-refractivity contribution in [1.29, 1.82) is 0 Å². The van der Waals surface area contributed by atoms with Gasteiger partial charge in [-0.15, -0.1) is 0 Å². The summed E-state index contributed by atoms with van der Waals surface area (Å²) in [4.78, 5) is 3.16. The maximum absolute atomic E-state index is 11.6. The lowest BCUT2D eigenvalue weighted by Crippen LogP contribution is -2.12. The van der Waals surface area contributed by atoms with Crippen molar-refractivity contribution in [2.45, 2.75) is 12.6 Å².